The standard InChI is InChI=1S/C31H38N2O6/c1-4-27(25-10-7-6-8-11-25)31(35)32(16-9-17-36-5-2)21-30(34)33(20-26-14-12-23(3)39-26)19-24-13-15-28-29(18-24)38-22-37-28/h6-8,10-15,18,27H,4-5,9,16-17,19-22H2,1-3H3. The molecule has 1 aliphatic heterocycles. The van der Waals surface area contributed by atoms with E-state index < -0.39 is 0 Å². The van der Waals surface area contributed by atoms with Gasteiger partial charge in [0.05, 0.1) is 19.0 Å². The molecule has 39 heavy (non-hydrogen) atoms. The average molecular weight is 535 g/mol. The van der Waals surface area contributed by atoms with Gasteiger partial charge in [-0.05, 0) is 62.1 Å². The minimum absolute atomic E-state index is 0.0292. The third kappa shape index (κ3) is 7.63. The Labute approximate surface area is 230 Å². The van der Waals surface area contributed by atoms with Gasteiger partial charge in [-0.2, -0.15) is 0 Å². The minimum Gasteiger partial charge on any atom is -0.464 e. The van der Waals surface area contributed by atoms with Gasteiger partial charge in [0.1, 0.15) is 11.5 Å². The molecule has 1 unspecified atom stereocenters. The number of carbonyl (C=O) groups excluding carboxylic acids is 2. The molecule has 0 saturated carbocycles. The van der Waals surface area contributed by atoms with E-state index in [4.69, 9.17) is 18.6 Å². The summed E-state index contributed by atoms with van der Waals surface area (Å²) in [5, 5.41) is 0. The number of nitrogens with zero attached hydrogens (tertiary/aromatic N) is 2. The van der Waals surface area contributed by atoms with Gasteiger partial charge in [-0.3, -0.25) is 9.59 Å². The molecule has 1 aromatic heterocycles. The first kappa shape index (κ1) is 28.2. The van der Waals surface area contributed by atoms with Gasteiger partial charge in [0.2, 0.25) is 18.6 Å². The first-order valence-electron chi connectivity index (χ1n) is 13.6. The molecule has 0 fully saturated rings. The van der Waals surface area contributed by atoms with Crippen LogP contribution in [0, 0.1) is 6.92 Å². The Morgan fingerprint density at radius 2 is 1.74 bits per heavy atom. The molecule has 0 saturated heterocycles. The second-order valence-electron chi connectivity index (χ2n) is 9.63. The molecule has 0 bridgehead atoms. The van der Waals surface area contributed by atoms with Gasteiger partial charge in [-0.1, -0.05) is 43.3 Å². The van der Waals surface area contributed by atoms with Crippen molar-refractivity contribution in [3.8, 4) is 11.5 Å². The summed E-state index contributed by atoms with van der Waals surface area (Å²) in [6, 6.07) is 19.2. The second kappa shape index (κ2) is 13.8. The van der Waals surface area contributed by atoms with Crippen molar-refractivity contribution >= 4 is 11.8 Å². The maximum Gasteiger partial charge on any atom is 0.242 e. The summed E-state index contributed by atoms with van der Waals surface area (Å²) in [6.07, 6.45) is 1.29. The molecule has 0 radical (unpaired) electrons. The van der Waals surface area contributed by atoms with Crippen molar-refractivity contribution < 1.29 is 28.2 Å². The number of furan rings is 1. The number of carbonyl (C=O) groups is 2. The summed E-state index contributed by atoms with van der Waals surface area (Å²) >= 11 is 0. The smallest absolute Gasteiger partial charge is 0.242 e. The van der Waals surface area contributed by atoms with Crippen LogP contribution >= 0.6 is 0 Å². The van der Waals surface area contributed by atoms with Crippen molar-refractivity contribution in [3.63, 3.8) is 0 Å². The average Bonchev–Trinajstić information content (AvgIpc) is 3.59. The van der Waals surface area contributed by atoms with Gasteiger partial charge >= 0.3 is 0 Å². The van der Waals surface area contributed by atoms with Crippen LogP contribution in [0.4, 0.5) is 0 Å². The number of fused-ring (bicyclic) bond motifs is 1. The lowest BCUT2D eigenvalue weighted by molar-refractivity contribution is -0.142. The largest absolute Gasteiger partial charge is 0.464 e. The van der Waals surface area contributed by atoms with Crippen LogP contribution in [0.1, 0.15) is 55.3 Å². The lowest BCUT2D eigenvalue weighted by atomic mass is 9.95. The Morgan fingerprint density at radius 3 is 2.46 bits per heavy atom. The normalized spacial score (nSPS) is 12.8. The van der Waals surface area contributed by atoms with E-state index in [1.807, 2.05) is 81.4 Å². The van der Waals surface area contributed by atoms with Crippen molar-refractivity contribution in [2.24, 2.45) is 0 Å². The summed E-state index contributed by atoms with van der Waals surface area (Å²) in [6.45, 7) is 8.19. The Bertz CT molecular complexity index is 1220. The number of amides is 2. The monoisotopic (exact) mass is 534 g/mol. The molecule has 2 heterocycles. The fraction of sp³-hybridized carbons (Fsp3) is 0.419. The molecule has 2 aromatic carbocycles. The van der Waals surface area contributed by atoms with Crippen LogP contribution in [0.5, 0.6) is 11.5 Å². The number of hydrogen-bond acceptors (Lipinski definition) is 6. The fourth-order valence-corrected chi connectivity index (χ4v) is 4.74. The maximum absolute atomic E-state index is 13.8. The van der Waals surface area contributed by atoms with E-state index >= 15 is 0 Å². The van der Waals surface area contributed by atoms with E-state index in [0.717, 1.165) is 16.9 Å². The molecule has 0 spiro atoms. The van der Waals surface area contributed by atoms with E-state index in [9.17, 15) is 9.59 Å². The molecule has 1 aliphatic rings. The lowest BCUT2D eigenvalue weighted by Crippen LogP contribution is -2.44. The van der Waals surface area contributed by atoms with Crippen LogP contribution < -0.4 is 9.47 Å². The maximum atomic E-state index is 13.8. The lowest BCUT2D eigenvalue weighted by Gasteiger charge is -2.30. The van der Waals surface area contributed by atoms with E-state index in [0.29, 0.717) is 56.4 Å². The minimum atomic E-state index is -0.318. The Balaban J connectivity index is 1.55. The first-order chi connectivity index (χ1) is 19.0. The zero-order valence-electron chi connectivity index (χ0n) is 23.1. The van der Waals surface area contributed by atoms with Gasteiger partial charge < -0.3 is 28.4 Å². The van der Waals surface area contributed by atoms with Crippen molar-refractivity contribution in [2.45, 2.75) is 52.6 Å². The van der Waals surface area contributed by atoms with Crippen molar-refractivity contribution in [3.05, 3.63) is 83.3 Å². The van der Waals surface area contributed by atoms with Crippen molar-refractivity contribution in [1.29, 1.82) is 0 Å². The summed E-state index contributed by atoms with van der Waals surface area (Å²) < 4.78 is 22.3. The van der Waals surface area contributed by atoms with E-state index in [2.05, 4.69) is 0 Å². The van der Waals surface area contributed by atoms with Gasteiger partial charge in [-0.15, -0.1) is 0 Å². The first-order valence-corrected chi connectivity index (χ1v) is 13.6. The zero-order chi connectivity index (χ0) is 27.6. The van der Waals surface area contributed by atoms with Crippen LogP contribution in [0.3, 0.4) is 0 Å². The van der Waals surface area contributed by atoms with Crippen molar-refractivity contribution in [1.82, 2.24) is 9.80 Å². The third-order valence-corrected chi connectivity index (χ3v) is 6.77. The summed E-state index contributed by atoms with van der Waals surface area (Å²) in [7, 11) is 0. The van der Waals surface area contributed by atoms with E-state index in [-0.39, 0.29) is 37.6 Å². The number of ether oxygens (including phenoxy) is 3. The summed E-state index contributed by atoms with van der Waals surface area (Å²) in [5.41, 5.74) is 1.86. The number of hydrogen-bond donors (Lipinski definition) is 0. The van der Waals surface area contributed by atoms with Crippen LogP contribution in [-0.4, -0.2) is 54.7 Å². The van der Waals surface area contributed by atoms with Gasteiger partial charge in [0.15, 0.2) is 11.5 Å². The molecule has 8 nitrogen and oxygen atoms in total. The highest BCUT2D eigenvalue weighted by Crippen LogP contribution is 2.33. The SMILES string of the molecule is CCOCCCN(CC(=O)N(Cc1ccc2c(c1)OCO2)Cc1ccc(C)o1)C(=O)C(CC)c1ccccc1. The Hall–Kier alpha value is -3.78. The molecule has 0 aliphatic carbocycles. The molecule has 3 aromatic rings. The predicted molar refractivity (Wildman–Crippen MR) is 147 cm³/mol. The molecule has 8 heteroatoms. The van der Waals surface area contributed by atoms with Gasteiger partial charge in [0, 0.05) is 26.3 Å². The van der Waals surface area contributed by atoms with Crippen LogP contribution in [-0.2, 0) is 27.4 Å². The fourth-order valence-electron chi connectivity index (χ4n) is 4.74. The van der Waals surface area contributed by atoms with Crippen LogP contribution in [0.25, 0.3) is 0 Å². The van der Waals surface area contributed by atoms with Crippen LogP contribution in [0.2, 0.25) is 0 Å². The van der Waals surface area contributed by atoms with Crippen molar-refractivity contribution in [2.75, 3.05) is 33.1 Å². The quantitative estimate of drug-likeness (QED) is 0.261. The summed E-state index contributed by atoms with van der Waals surface area (Å²) in [5.74, 6) is 2.29. The molecule has 0 N–H and O–H groups in total. The zero-order valence-corrected chi connectivity index (χ0v) is 23.1. The number of benzene rings is 2. The Kier molecular flexibility index (Phi) is 10.0. The van der Waals surface area contributed by atoms with Gasteiger partial charge in [-0.25, -0.2) is 0 Å². The predicted octanol–water partition coefficient (Wildman–Crippen LogP) is 5.29. The summed E-state index contributed by atoms with van der Waals surface area (Å²) in [4.78, 5) is 31.1. The molecule has 208 valence electrons. The van der Waals surface area contributed by atoms with Crippen LogP contribution in [0.15, 0.2) is 65.1 Å². The molecule has 4 rings (SSSR count). The number of rotatable bonds is 14. The highest BCUT2D eigenvalue weighted by atomic mass is 16.7. The highest BCUT2D eigenvalue weighted by molar-refractivity contribution is 5.88. The van der Waals surface area contributed by atoms with E-state index in [1.165, 1.54) is 0 Å². The molecule has 1 atom stereocenters. The topological polar surface area (TPSA) is 81.5 Å². The van der Waals surface area contributed by atoms with Gasteiger partial charge in [0.25, 0.3) is 0 Å². The molecule has 2 amide bonds. The Morgan fingerprint density at radius 1 is 0.949 bits per heavy atom. The van der Waals surface area contributed by atoms with E-state index in [1.54, 1.807) is 9.80 Å². The molecular weight excluding hydrogens is 496 g/mol. The second-order valence-corrected chi connectivity index (χ2v) is 9.63. The highest BCUT2D eigenvalue weighted by Gasteiger charge is 2.28. The molecular formula is C31H38N2O6. The third-order valence-electron chi connectivity index (χ3n) is 6.77. The number of aryl methyl sites for hydroxylation is 1.